The SMILES string of the molecule is CCCNC(Cc1c(F)ccc(Br)c1F)c1ccnn1C. The molecule has 2 rings (SSSR count). The average Bonchev–Trinajstić information content (AvgIpc) is 2.89. The minimum Gasteiger partial charge on any atom is -0.308 e. The number of aryl methyl sites for hydroxylation is 1. The van der Waals surface area contributed by atoms with Crippen LogP contribution in [0.4, 0.5) is 8.78 Å². The summed E-state index contributed by atoms with van der Waals surface area (Å²) in [5.41, 5.74) is 0.987. The molecule has 1 unspecified atom stereocenters. The van der Waals surface area contributed by atoms with E-state index in [0.29, 0.717) is 0 Å². The molecule has 1 atom stereocenters. The zero-order chi connectivity index (χ0) is 15.4. The maximum absolute atomic E-state index is 14.2. The Bertz CT molecular complexity index is 613. The van der Waals surface area contributed by atoms with Crippen molar-refractivity contribution in [3.8, 4) is 0 Å². The monoisotopic (exact) mass is 357 g/mol. The Balaban J connectivity index is 2.32. The number of benzene rings is 1. The summed E-state index contributed by atoms with van der Waals surface area (Å²) in [5, 5.41) is 7.46. The number of nitrogens with zero attached hydrogens (tertiary/aromatic N) is 2. The smallest absolute Gasteiger partial charge is 0.143 e. The van der Waals surface area contributed by atoms with Gasteiger partial charge in [0.15, 0.2) is 0 Å². The van der Waals surface area contributed by atoms with Gasteiger partial charge in [-0.1, -0.05) is 6.92 Å². The van der Waals surface area contributed by atoms with Gasteiger partial charge >= 0.3 is 0 Å². The molecule has 1 aromatic heterocycles. The van der Waals surface area contributed by atoms with Crippen LogP contribution in [0.25, 0.3) is 0 Å². The van der Waals surface area contributed by atoms with Crippen molar-refractivity contribution in [2.75, 3.05) is 6.54 Å². The van der Waals surface area contributed by atoms with Gasteiger partial charge in [0.25, 0.3) is 0 Å². The van der Waals surface area contributed by atoms with Crippen LogP contribution in [0.2, 0.25) is 0 Å². The van der Waals surface area contributed by atoms with Crippen molar-refractivity contribution in [3.05, 3.63) is 51.8 Å². The molecule has 2 aromatic rings. The zero-order valence-corrected chi connectivity index (χ0v) is 13.6. The highest BCUT2D eigenvalue weighted by Crippen LogP contribution is 2.26. The van der Waals surface area contributed by atoms with Gasteiger partial charge in [0.05, 0.1) is 16.2 Å². The lowest BCUT2D eigenvalue weighted by Gasteiger charge is -2.20. The molecule has 0 aliphatic heterocycles. The second-order valence-corrected chi connectivity index (χ2v) is 5.77. The third kappa shape index (κ3) is 3.68. The summed E-state index contributed by atoms with van der Waals surface area (Å²) < 4.78 is 30.1. The molecular formula is C15H18BrF2N3. The molecule has 0 aliphatic carbocycles. The van der Waals surface area contributed by atoms with Gasteiger partial charge in [0.1, 0.15) is 11.6 Å². The molecule has 0 saturated heterocycles. The Morgan fingerprint density at radius 1 is 1.33 bits per heavy atom. The summed E-state index contributed by atoms with van der Waals surface area (Å²) in [6.45, 7) is 2.82. The van der Waals surface area contributed by atoms with Crippen molar-refractivity contribution >= 4 is 15.9 Å². The second-order valence-electron chi connectivity index (χ2n) is 4.91. The lowest BCUT2D eigenvalue weighted by atomic mass is 10.0. The summed E-state index contributed by atoms with van der Waals surface area (Å²) in [7, 11) is 1.82. The number of aromatic nitrogens is 2. The quantitative estimate of drug-likeness (QED) is 0.798. The predicted molar refractivity (Wildman–Crippen MR) is 82.0 cm³/mol. The fourth-order valence-corrected chi connectivity index (χ4v) is 2.66. The summed E-state index contributed by atoms with van der Waals surface area (Å²) in [6.07, 6.45) is 2.86. The molecule has 1 heterocycles. The fourth-order valence-electron chi connectivity index (χ4n) is 2.29. The minimum atomic E-state index is -0.541. The third-order valence-corrected chi connectivity index (χ3v) is 4.02. The van der Waals surface area contributed by atoms with Crippen LogP contribution in [-0.4, -0.2) is 16.3 Å². The molecule has 21 heavy (non-hydrogen) atoms. The molecule has 3 nitrogen and oxygen atoms in total. The first-order valence-electron chi connectivity index (χ1n) is 6.88. The first kappa shape index (κ1) is 16.1. The summed E-state index contributed by atoms with van der Waals surface area (Å²) in [4.78, 5) is 0. The number of rotatable bonds is 6. The molecule has 0 radical (unpaired) electrons. The summed E-state index contributed by atoms with van der Waals surface area (Å²) in [5.74, 6) is -1.07. The predicted octanol–water partition coefficient (Wildman–Crippen LogP) is 3.74. The van der Waals surface area contributed by atoms with Crippen molar-refractivity contribution in [2.24, 2.45) is 7.05 Å². The fraction of sp³-hybridized carbons (Fsp3) is 0.400. The standard InChI is InChI=1S/C15H18BrF2N3/c1-3-7-19-13(14-6-8-20-21(14)2)9-10-12(17)5-4-11(16)15(10)18/h4-6,8,13,19H,3,7,9H2,1-2H3. The van der Waals surface area contributed by atoms with Gasteiger partial charge in [0, 0.05) is 18.8 Å². The van der Waals surface area contributed by atoms with E-state index in [1.165, 1.54) is 12.1 Å². The Morgan fingerprint density at radius 3 is 2.71 bits per heavy atom. The van der Waals surface area contributed by atoms with E-state index in [1.807, 2.05) is 20.0 Å². The van der Waals surface area contributed by atoms with E-state index in [0.717, 1.165) is 18.7 Å². The van der Waals surface area contributed by atoms with Crippen LogP contribution in [0.5, 0.6) is 0 Å². The van der Waals surface area contributed by atoms with Crippen molar-refractivity contribution in [2.45, 2.75) is 25.8 Å². The van der Waals surface area contributed by atoms with Crippen molar-refractivity contribution < 1.29 is 8.78 Å². The van der Waals surface area contributed by atoms with Crippen LogP contribution < -0.4 is 5.32 Å². The van der Waals surface area contributed by atoms with Gasteiger partial charge < -0.3 is 5.32 Å². The second kappa shape index (κ2) is 7.13. The molecule has 0 aliphatic rings. The van der Waals surface area contributed by atoms with Gasteiger partial charge in [-0.15, -0.1) is 0 Å². The molecule has 6 heteroatoms. The highest BCUT2D eigenvalue weighted by Gasteiger charge is 2.20. The summed E-state index contributed by atoms with van der Waals surface area (Å²) in [6, 6.07) is 4.34. The van der Waals surface area contributed by atoms with Crippen LogP contribution in [-0.2, 0) is 13.5 Å². The number of halogens is 3. The van der Waals surface area contributed by atoms with Crippen molar-refractivity contribution in [1.82, 2.24) is 15.1 Å². The number of hydrogen-bond acceptors (Lipinski definition) is 2. The van der Waals surface area contributed by atoms with Gasteiger partial charge in [-0.3, -0.25) is 4.68 Å². The Morgan fingerprint density at radius 2 is 2.10 bits per heavy atom. The van der Waals surface area contributed by atoms with Crippen LogP contribution in [0, 0.1) is 11.6 Å². The minimum absolute atomic E-state index is 0.0826. The molecule has 0 saturated carbocycles. The largest absolute Gasteiger partial charge is 0.308 e. The Kier molecular flexibility index (Phi) is 5.47. The lowest BCUT2D eigenvalue weighted by Crippen LogP contribution is -2.27. The van der Waals surface area contributed by atoms with Gasteiger partial charge in [0.2, 0.25) is 0 Å². The zero-order valence-electron chi connectivity index (χ0n) is 12.0. The van der Waals surface area contributed by atoms with E-state index in [9.17, 15) is 8.78 Å². The molecule has 0 fully saturated rings. The maximum Gasteiger partial charge on any atom is 0.143 e. The first-order chi connectivity index (χ1) is 10.0. The van der Waals surface area contributed by atoms with Crippen LogP contribution in [0.3, 0.4) is 0 Å². The third-order valence-electron chi connectivity index (χ3n) is 3.40. The van der Waals surface area contributed by atoms with Crippen LogP contribution in [0.15, 0.2) is 28.9 Å². The van der Waals surface area contributed by atoms with E-state index in [2.05, 4.69) is 26.3 Å². The maximum atomic E-state index is 14.2. The topological polar surface area (TPSA) is 29.9 Å². The molecule has 114 valence electrons. The first-order valence-corrected chi connectivity index (χ1v) is 7.67. The van der Waals surface area contributed by atoms with E-state index in [1.54, 1.807) is 10.9 Å². The van der Waals surface area contributed by atoms with Crippen molar-refractivity contribution in [3.63, 3.8) is 0 Å². The number of hydrogen-bond donors (Lipinski definition) is 1. The van der Waals surface area contributed by atoms with E-state index in [-0.39, 0.29) is 22.5 Å². The number of nitrogens with one attached hydrogen (secondary N) is 1. The van der Waals surface area contributed by atoms with E-state index < -0.39 is 11.6 Å². The van der Waals surface area contributed by atoms with Crippen LogP contribution in [0.1, 0.15) is 30.6 Å². The van der Waals surface area contributed by atoms with Crippen LogP contribution >= 0.6 is 15.9 Å². The Labute approximate surface area is 131 Å². The normalized spacial score (nSPS) is 12.6. The van der Waals surface area contributed by atoms with Crippen molar-refractivity contribution in [1.29, 1.82) is 0 Å². The average molecular weight is 358 g/mol. The molecule has 0 bridgehead atoms. The lowest BCUT2D eigenvalue weighted by molar-refractivity contribution is 0.466. The highest BCUT2D eigenvalue weighted by atomic mass is 79.9. The van der Waals surface area contributed by atoms with E-state index >= 15 is 0 Å². The Hall–Kier alpha value is -1.27. The molecule has 0 spiro atoms. The molecule has 1 N–H and O–H groups in total. The molecule has 0 amide bonds. The van der Waals surface area contributed by atoms with E-state index in [4.69, 9.17) is 0 Å². The molecular weight excluding hydrogens is 340 g/mol. The highest BCUT2D eigenvalue weighted by molar-refractivity contribution is 9.10. The van der Waals surface area contributed by atoms with Gasteiger partial charge in [-0.25, -0.2) is 8.78 Å². The van der Waals surface area contributed by atoms with Gasteiger partial charge in [-0.05, 0) is 53.5 Å². The molecule has 1 aromatic carbocycles. The summed E-state index contributed by atoms with van der Waals surface area (Å²) >= 11 is 3.11. The van der Waals surface area contributed by atoms with Gasteiger partial charge in [-0.2, -0.15) is 5.10 Å².